The Bertz CT molecular complexity index is 385. The van der Waals surface area contributed by atoms with Crippen molar-refractivity contribution < 1.29 is 4.79 Å². The Morgan fingerprint density at radius 1 is 1.06 bits per heavy atom. The van der Waals surface area contributed by atoms with Gasteiger partial charge < -0.3 is 9.80 Å². The van der Waals surface area contributed by atoms with E-state index in [0.29, 0.717) is 0 Å². The first-order valence-corrected chi connectivity index (χ1v) is 6.31. The van der Waals surface area contributed by atoms with Crippen LogP contribution in [-0.2, 0) is 10.2 Å². The molecule has 0 heterocycles. The smallest absolute Gasteiger partial charge is 0.232 e. The summed E-state index contributed by atoms with van der Waals surface area (Å²) in [5, 5.41) is 0. The van der Waals surface area contributed by atoms with Crippen molar-refractivity contribution in [3.63, 3.8) is 0 Å². The third kappa shape index (κ3) is 3.57. The number of hydrogen-bond acceptors (Lipinski definition) is 2. The van der Waals surface area contributed by atoms with Gasteiger partial charge in [-0.05, 0) is 33.5 Å². The number of hydrogen-bond donors (Lipinski definition) is 0. The summed E-state index contributed by atoms with van der Waals surface area (Å²) in [5.74, 6) is 0.163. The van der Waals surface area contributed by atoms with Crippen molar-refractivity contribution in [2.24, 2.45) is 0 Å². The predicted octanol–water partition coefficient (Wildman–Crippen LogP) is 1.98. The molecule has 3 heteroatoms. The summed E-state index contributed by atoms with van der Waals surface area (Å²) < 4.78 is 0. The molecule has 0 saturated carbocycles. The van der Waals surface area contributed by atoms with Crippen molar-refractivity contribution in [2.75, 3.05) is 34.2 Å². The first kappa shape index (κ1) is 14.7. The van der Waals surface area contributed by atoms with Crippen LogP contribution in [0, 0.1) is 0 Å². The molecule has 0 aliphatic rings. The molecule has 1 aromatic carbocycles. The third-order valence-electron chi connectivity index (χ3n) is 3.26. The highest BCUT2D eigenvalue weighted by Crippen LogP contribution is 2.24. The van der Waals surface area contributed by atoms with Crippen molar-refractivity contribution in [2.45, 2.75) is 19.3 Å². The van der Waals surface area contributed by atoms with Gasteiger partial charge in [-0.25, -0.2) is 0 Å². The SMILES string of the molecule is CN(C)CCN(C)C(=O)C(C)(C)c1ccccc1. The first-order chi connectivity index (χ1) is 8.35. The van der Waals surface area contributed by atoms with E-state index in [-0.39, 0.29) is 5.91 Å². The fraction of sp³-hybridized carbons (Fsp3) is 0.533. The van der Waals surface area contributed by atoms with Crippen molar-refractivity contribution in [3.8, 4) is 0 Å². The van der Waals surface area contributed by atoms with Gasteiger partial charge in [-0.1, -0.05) is 30.3 Å². The van der Waals surface area contributed by atoms with E-state index < -0.39 is 5.41 Å². The number of likely N-dealkylation sites (N-methyl/N-ethyl adjacent to an activating group) is 2. The quantitative estimate of drug-likeness (QED) is 0.795. The fourth-order valence-electron chi connectivity index (χ4n) is 1.91. The van der Waals surface area contributed by atoms with Crippen LogP contribution in [0.15, 0.2) is 30.3 Å². The second kappa shape index (κ2) is 6.01. The Morgan fingerprint density at radius 3 is 2.11 bits per heavy atom. The zero-order valence-corrected chi connectivity index (χ0v) is 12.1. The monoisotopic (exact) mass is 248 g/mol. The van der Waals surface area contributed by atoms with Gasteiger partial charge in [-0.2, -0.15) is 0 Å². The molecule has 18 heavy (non-hydrogen) atoms. The summed E-state index contributed by atoms with van der Waals surface area (Å²) in [6, 6.07) is 9.95. The van der Waals surface area contributed by atoms with Crippen molar-refractivity contribution >= 4 is 5.91 Å². The molecule has 0 radical (unpaired) electrons. The highest BCUT2D eigenvalue weighted by Gasteiger charge is 2.31. The van der Waals surface area contributed by atoms with Gasteiger partial charge in [-0.15, -0.1) is 0 Å². The highest BCUT2D eigenvalue weighted by atomic mass is 16.2. The van der Waals surface area contributed by atoms with Gasteiger partial charge in [0.05, 0.1) is 5.41 Å². The lowest BCUT2D eigenvalue weighted by Gasteiger charge is -2.30. The Kier molecular flexibility index (Phi) is 4.91. The van der Waals surface area contributed by atoms with E-state index in [1.807, 2.05) is 70.2 Å². The normalized spacial score (nSPS) is 11.7. The number of carbonyl (C=O) groups excluding carboxylic acids is 1. The average Bonchev–Trinajstić information content (AvgIpc) is 2.36. The summed E-state index contributed by atoms with van der Waals surface area (Å²) >= 11 is 0. The van der Waals surface area contributed by atoms with E-state index in [0.717, 1.165) is 18.7 Å². The molecule has 0 spiro atoms. The molecule has 1 aromatic rings. The standard InChI is InChI=1S/C15H24N2O/c1-15(2,13-9-7-6-8-10-13)14(18)17(5)12-11-16(3)4/h6-10H,11-12H2,1-5H3. The second-order valence-electron chi connectivity index (χ2n) is 5.52. The zero-order valence-electron chi connectivity index (χ0n) is 12.1. The van der Waals surface area contributed by atoms with E-state index in [1.54, 1.807) is 0 Å². The molecule has 0 N–H and O–H groups in total. The zero-order chi connectivity index (χ0) is 13.8. The Labute approximate surface area is 110 Å². The highest BCUT2D eigenvalue weighted by molar-refractivity contribution is 5.87. The van der Waals surface area contributed by atoms with Gasteiger partial charge in [-0.3, -0.25) is 4.79 Å². The van der Waals surface area contributed by atoms with Gasteiger partial charge in [0.1, 0.15) is 0 Å². The van der Waals surface area contributed by atoms with E-state index in [9.17, 15) is 4.79 Å². The molecule has 0 aliphatic heterocycles. The molecule has 3 nitrogen and oxygen atoms in total. The second-order valence-corrected chi connectivity index (χ2v) is 5.52. The van der Waals surface area contributed by atoms with Crippen LogP contribution in [0.2, 0.25) is 0 Å². The number of amides is 1. The minimum atomic E-state index is -0.470. The Hall–Kier alpha value is -1.35. The minimum Gasteiger partial charge on any atom is -0.344 e. The fourth-order valence-corrected chi connectivity index (χ4v) is 1.91. The molecular formula is C15H24N2O. The van der Waals surface area contributed by atoms with Gasteiger partial charge in [0.15, 0.2) is 0 Å². The number of benzene rings is 1. The van der Waals surface area contributed by atoms with Crippen molar-refractivity contribution in [3.05, 3.63) is 35.9 Å². The van der Waals surface area contributed by atoms with Crippen molar-refractivity contribution in [1.29, 1.82) is 0 Å². The Balaban J connectivity index is 2.76. The van der Waals surface area contributed by atoms with Crippen LogP contribution in [-0.4, -0.2) is 49.9 Å². The predicted molar refractivity (Wildman–Crippen MR) is 75.7 cm³/mol. The van der Waals surface area contributed by atoms with Crippen molar-refractivity contribution in [1.82, 2.24) is 9.80 Å². The van der Waals surface area contributed by atoms with Crippen LogP contribution < -0.4 is 0 Å². The van der Waals surface area contributed by atoms with Crippen LogP contribution in [0.5, 0.6) is 0 Å². The molecule has 0 fully saturated rings. The lowest BCUT2D eigenvalue weighted by molar-refractivity contribution is -0.135. The molecule has 0 saturated heterocycles. The molecular weight excluding hydrogens is 224 g/mol. The summed E-state index contributed by atoms with van der Waals surface area (Å²) in [5.41, 5.74) is 0.592. The average molecular weight is 248 g/mol. The number of nitrogens with zero attached hydrogens (tertiary/aromatic N) is 2. The Morgan fingerprint density at radius 2 is 1.61 bits per heavy atom. The molecule has 0 atom stereocenters. The topological polar surface area (TPSA) is 23.6 Å². The molecule has 0 aliphatic carbocycles. The summed E-state index contributed by atoms with van der Waals surface area (Å²) in [6.45, 7) is 5.60. The maximum Gasteiger partial charge on any atom is 0.232 e. The van der Waals surface area contributed by atoms with Gasteiger partial charge in [0.25, 0.3) is 0 Å². The lowest BCUT2D eigenvalue weighted by Crippen LogP contribution is -2.43. The molecule has 100 valence electrons. The summed E-state index contributed by atoms with van der Waals surface area (Å²) in [7, 11) is 5.90. The van der Waals surface area contributed by atoms with Gasteiger partial charge in [0, 0.05) is 20.1 Å². The number of carbonyl (C=O) groups is 1. The van der Waals surface area contributed by atoms with Gasteiger partial charge in [0.2, 0.25) is 5.91 Å². The first-order valence-electron chi connectivity index (χ1n) is 6.31. The molecule has 0 unspecified atom stereocenters. The molecule has 1 rings (SSSR count). The summed E-state index contributed by atoms with van der Waals surface area (Å²) in [4.78, 5) is 16.4. The maximum atomic E-state index is 12.5. The van der Waals surface area contributed by atoms with Crippen LogP contribution in [0.3, 0.4) is 0 Å². The number of rotatable bonds is 5. The maximum absolute atomic E-state index is 12.5. The van der Waals surface area contributed by atoms with Crippen LogP contribution in [0.1, 0.15) is 19.4 Å². The van der Waals surface area contributed by atoms with E-state index in [4.69, 9.17) is 0 Å². The molecule has 1 amide bonds. The lowest BCUT2D eigenvalue weighted by atomic mass is 9.83. The van der Waals surface area contributed by atoms with E-state index in [1.165, 1.54) is 0 Å². The van der Waals surface area contributed by atoms with E-state index >= 15 is 0 Å². The van der Waals surface area contributed by atoms with Crippen LogP contribution >= 0.6 is 0 Å². The van der Waals surface area contributed by atoms with Crippen LogP contribution in [0.4, 0.5) is 0 Å². The van der Waals surface area contributed by atoms with Gasteiger partial charge >= 0.3 is 0 Å². The van der Waals surface area contributed by atoms with Crippen LogP contribution in [0.25, 0.3) is 0 Å². The summed E-state index contributed by atoms with van der Waals surface area (Å²) in [6.07, 6.45) is 0. The third-order valence-corrected chi connectivity index (χ3v) is 3.26. The molecule has 0 aromatic heterocycles. The minimum absolute atomic E-state index is 0.163. The largest absolute Gasteiger partial charge is 0.344 e. The van der Waals surface area contributed by atoms with E-state index in [2.05, 4.69) is 4.90 Å². The molecule has 0 bridgehead atoms.